The minimum atomic E-state index is -0.712. The zero-order valence-corrected chi connectivity index (χ0v) is 10.7. The average molecular weight is 246 g/mol. The first-order valence-corrected chi connectivity index (χ1v) is 6.16. The van der Waals surface area contributed by atoms with E-state index >= 15 is 0 Å². The lowest BCUT2D eigenvalue weighted by molar-refractivity contribution is -0.351. The lowest BCUT2D eigenvalue weighted by Gasteiger charge is -2.15. The molecule has 0 radical (unpaired) electrons. The molecule has 0 bridgehead atoms. The summed E-state index contributed by atoms with van der Waals surface area (Å²) in [6.45, 7) is 4.63. The number of aryl methyl sites for hydroxylation is 1. The van der Waals surface area contributed by atoms with E-state index in [1.165, 1.54) is 10.9 Å². The fourth-order valence-electron chi connectivity index (χ4n) is 1.94. The van der Waals surface area contributed by atoms with Crippen LogP contribution in [-0.4, -0.2) is 11.9 Å². The summed E-state index contributed by atoms with van der Waals surface area (Å²) in [5, 5.41) is 11.2. The molecule has 1 unspecified atom stereocenters. The van der Waals surface area contributed by atoms with E-state index in [4.69, 9.17) is 9.99 Å². The van der Waals surface area contributed by atoms with Crippen LogP contribution in [0.2, 0.25) is 0 Å². The quantitative estimate of drug-likeness (QED) is 0.491. The molecule has 2 aromatic rings. The van der Waals surface area contributed by atoms with Crippen LogP contribution in [0.1, 0.15) is 30.8 Å². The second-order valence-electron chi connectivity index (χ2n) is 4.42. The third-order valence-electron chi connectivity index (χ3n) is 2.86. The molecule has 0 amide bonds. The third kappa shape index (κ3) is 2.88. The summed E-state index contributed by atoms with van der Waals surface area (Å²) < 4.78 is 5.43. The van der Waals surface area contributed by atoms with Crippen molar-refractivity contribution in [2.75, 3.05) is 6.61 Å². The van der Waals surface area contributed by atoms with E-state index in [-0.39, 0.29) is 0 Å². The molecule has 0 aromatic heterocycles. The van der Waals surface area contributed by atoms with Gasteiger partial charge in [0.15, 0.2) is 0 Å². The lowest BCUT2D eigenvalue weighted by atomic mass is 10.0. The monoisotopic (exact) mass is 246 g/mol. The van der Waals surface area contributed by atoms with Crippen molar-refractivity contribution in [1.82, 2.24) is 0 Å². The van der Waals surface area contributed by atoms with E-state index in [0.717, 1.165) is 17.4 Å². The Morgan fingerprint density at radius 1 is 1.11 bits per heavy atom. The molecule has 1 atom stereocenters. The summed E-state index contributed by atoms with van der Waals surface area (Å²) in [4.78, 5) is 4.39. The molecular weight excluding hydrogens is 228 g/mol. The van der Waals surface area contributed by atoms with E-state index in [1.54, 1.807) is 0 Å². The van der Waals surface area contributed by atoms with Crippen molar-refractivity contribution in [2.24, 2.45) is 0 Å². The van der Waals surface area contributed by atoms with Crippen LogP contribution < -0.4 is 0 Å². The van der Waals surface area contributed by atoms with Gasteiger partial charge in [0.2, 0.25) is 6.29 Å². The summed E-state index contributed by atoms with van der Waals surface area (Å²) in [5.74, 6) is 0. The Labute approximate surface area is 107 Å². The highest BCUT2D eigenvalue weighted by atomic mass is 17.1. The first kappa shape index (κ1) is 13.0. The molecule has 0 spiro atoms. The van der Waals surface area contributed by atoms with Crippen LogP contribution in [0.15, 0.2) is 36.4 Å². The Hall–Kier alpha value is -1.42. The molecule has 2 rings (SSSR count). The minimum Gasteiger partial charge on any atom is -0.346 e. The van der Waals surface area contributed by atoms with Crippen LogP contribution in [0.3, 0.4) is 0 Å². The lowest BCUT2D eigenvalue weighted by Crippen LogP contribution is -2.07. The highest BCUT2D eigenvalue weighted by molar-refractivity contribution is 5.83. The Kier molecular flexibility index (Phi) is 4.31. The number of fused-ring (bicyclic) bond motifs is 1. The van der Waals surface area contributed by atoms with E-state index in [0.29, 0.717) is 6.61 Å². The molecule has 1 N–H and O–H groups in total. The van der Waals surface area contributed by atoms with Gasteiger partial charge >= 0.3 is 0 Å². The molecule has 0 saturated heterocycles. The van der Waals surface area contributed by atoms with Gasteiger partial charge in [-0.15, -0.1) is 0 Å². The predicted octanol–water partition coefficient (Wildman–Crippen LogP) is 4.06. The predicted molar refractivity (Wildman–Crippen MR) is 71.4 cm³/mol. The molecule has 0 aliphatic heterocycles. The first-order chi connectivity index (χ1) is 8.74. The Morgan fingerprint density at radius 2 is 1.83 bits per heavy atom. The van der Waals surface area contributed by atoms with E-state index in [2.05, 4.69) is 30.0 Å². The smallest absolute Gasteiger partial charge is 0.217 e. The van der Waals surface area contributed by atoms with Crippen molar-refractivity contribution < 1.29 is 14.9 Å². The van der Waals surface area contributed by atoms with Crippen LogP contribution in [0.25, 0.3) is 10.8 Å². The minimum absolute atomic E-state index is 0.553. The van der Waals surface area contributed by atoms with Crippen molar-refractivity contribution in [3.63, 3.8) is 0 Å². The van der Waals surface area contributed by atoms with Crippen LogP contribution in [-0.2, 0) is 9.62 Å². The summed E-state index contributed by atoms with van der Waals surface area (Å²) in [6, 6.07) is 12.2. The molecule has 0 heterocycles. The van der Waals surface area contributed by atoms with Crippen LogP contribution in [0.4, 0.5) is 0 Å². The highest BCUT2D eigenvalue weighted by Crippen LogP contribution is 2.24. The van der Waals surface area contributed by atoms with Gasteiger partial charge in [-0.05, 0) is 30.2 Å². The molecule has 3 heteroatoms. The largest absolute Gasteiger partial charge is 0.346 e. The summed E-state index contributed by atoms with van der Waals surface area (Å²) in [5.41, 5.74) is 2.05. The number of rotatable bonds is 5. The molecule has 96 valence electrons. The van der Waals surface area contributed by atoms with Gasteiger partial charge in [-0.2, -0.15) is 0 Å². The van der Waals surface area contributed by atoms with Crippen LogP contribution >= 0.6 is 0 Å². The topological polar surface area (TPSA) is 38.7 Å². The van der Waals surface area contributed by atoms with Crippen molar-refractivity contribution in [3.8, 4) is 0 Å². The molecule has 0 aliphatic rings. The molecule has 0 fully saturated rings. The van der Waals surface area contributed by atoms with Crippen molar-refractivity contribution >= 4 is 10.8 Å². The Morgan fingerprint density at radius 3 is 2.56 bits per heavy atom. The number of hydrogen-bond acceptors (Lipinski definition) is 3. The SMILES string of the molecule is CCCOC(OO)c1ccc2cc(C)ccc2c1. The third-order valence-corrected chi connectivity index (χ3v) is 2.86. The maximum atomic E-state index is 8.90. The molecule has 18 heavy (non-hydrogen) atoms. The summed E-state index contributed by atoms with van der Waals surface area (Å²) >= 11 is 0. The van der Waals surface area contributed by atoms with Crippen molar-refractivity contribution in [3.05, 3.63) is 47.5 Å². The highest BCUT2D eigenvalue weighted by Gasteiger charge is 2.12. The second kappa shape index (κ2) is 5.96. The number of hydrogen-bond donors (Lipinski definition) is 1. The Balaban J connectivity index is 2.30. The standard InChI is InChI=1S/C15H18O3/c1-3-8-17-15(18-16)14-7-6-12-9-11(2)4-5-13(12)10-14/h4-7,9-10,15-16H,3,8H2,1-2H3. The van der Waals surface area contributed by atoms with Gasteiger partial charge in [-0.1, -0.05) is 42.8 Å². The zero-order valence-electron chi connectivity index (χ0n) is 10.7. The van der Waals surface area contributed by atoms with Gasteiger partial charge in [0, 0.05) is 12.2 Å². The molecule has 2 aromatic carbocycles. The second-order valence-corrected chi connectivity index (χ2v) is 4.42. The van der Waals surface area contributed by atoms with Crippen molar-refractivity contribution in [2.45, 2.75) is 26.6 Å². The van der Waals surface area contributed by atoms with E-state index in [9.17, 15) is 0 Å². The van der Waals surface area contributed by atoms with E-state index in [1.807, 2.05) is 25.1 Å². The van der Waals surface area contributed by atoms with Gasteiger partial charge in [0.05, 0.1) is 0 Å². The van der Waals surface area contributed by atoms with Crippen LogP contribution in [0.5, 0.6) is 0 Å². The van der Waals surface area contributed by atoms with E-state index < -0.39 is 6.29 Å². The van der Waals surface area contributed by atoms with Gasteiger partial charge in [0.25, 0.3) is 0 Å². The normalized spacial score (nSPS) is 12.8. The summed E-state index contributed by atoms with van der Waals surface area (Å²) in [7, 11) is 0. The molecule has 0 aliphatic carbocycles. The fourth-order valence-corrected chi connectivity index (χ4v) is 1.94. The van der Waals surface area contributed by atoms with Gasteiger partial charge < -0.3 is 4.74 Å². The van der Waals surface area contributed by atoms with Gasteiger partial charge in [-0.3, -0.25) is 0 Å². The maximum Gasteiger partial charge on any atom is 0.217 e. The fraction of sp³-hybridized carbons (Fsp3) is 0.333. The van der Waals surface area contributed by atoms with Gasteiger partial charge in [-0.25, -0.2) is 10.1 Å². The first-order valence-electron chi connectivity index (χ1n) is 6.16. The Bertz CT molecular complexity index is 522. The van der Waals surface area contributed by atoms with Crippen LogP contribution in [0, 0.1) is 6.92 Å². The molecular formula is C15H18O3. The number of benzene rings is 2. The molecule has 0 saturated carbocycles. The maximum absolute atomic E-state index is 8.90. The zero-order chi connectivity index (χ0) is 13.0. The number of ether oxygens (including phenoxy) is 1. The van der Waals surface area contributed by atoms with Gasteiger partial charge in [0.1, 0.15) is 0 Å². The average Bonchev–Trinajstić information content (AvgIpc) is 2.39. The molecule has 3 nitrogen and oxygen atoms in total. The summed E-state index contributed by atoms with van der Waals surface area (Å²) in [6.07, 6.45) is 0.169. The van der Waals surface area contributed by atoms with Crippen molar-refractivity contribution in [1.29, 1.82) is 0 Å².